The van der Waals surface area contributed by atoms with Crippen LogP contribution in [0.25, 0.3) is 0 Å². The van der Waals surface area contributed by atoms with Gasteiger partial charge in [-0.25, -0.2) is 9.37 Å². The molecule has 0 spiro atoms. The van der Waals surface area contributed by atoms with Crippen LogP contribution in [0.2, 0.25) is 0 Å². The lowest BCUT2D eigenvalue weighted by atomic mass is 10.3. The van der Waals surface area contributed by atoms with Crippen LogP contribution in [0.15, 0.2) is 12.3 Å². The summed E-state index contributed by atoms with van der Waals surface area (Å²) in [5, 5.41) is 0. The largest absolute Gasteiger partial charge is 0.307 e. The number of pyridine rings is 1. The number of aromatic nitrogens is 1. The van der Waals surface area contributed by atoms with Crippen molar-refractivity contribution in [3.8, 4) is 0 Å². The van der Waals surface area contributed by atoms with Gasteiger partial charge in [0.25, 0.3) is 0 Å². The Morgan fingerprint density at radius 3 is 2.90 bits per heavy atom. The number of halogens is 2. The third-order valence-corrected chi connectivity index (χ3v) is 1.55. The Morgan fingerprint density at radius 2 is 2.40 bits per heavy atom. The van der Waals surface area contributed by atoms with Crippen LogP contribution < -0.4 is 4.34 Å². The highest BCUT2D eigenvalue weighted by molar-refractivity contribution is 9.10. The fourth-order valence-electron chi connectivity index (χ4n) is 0.591. The van der Waals surface area contributed by atoms with E-state index >= 15 is 0 Å². The van der Waals surface area contributed by atoms with Gasteiger partial charge < -0.3 is 4.34 Å². The summed E-state index contributed by atoms with van der Waals surface area (Å²) in [4.78, 5) is 3.72. The summed E-state index contributed by atoms with van der Waals surface area (Å²) < 4.78 is 15.2. The number of rotatable bonds is 1. The van der Waals surface area contributed by atoms with E-state index in [-0.39, 0.29) is 5.82 Å². The van der Waals surface area contributed by atoms with Crippen molar-refractivity contribution in [3.63, 3.8) is 0 Å². The molecule has 0 unspecified atom stereocenters. The van der Waals surface area contributed by atoms with Crippen molar-refractivity contribution in [1.82, 2.24) is 4.98 Å². The number of anilines is 1. The van der Waals surface area contributed by atoms with E-state index in [1.54, 1.807) is 13.0 Å². The van der Waals surface area contributed by atoms with Crippen molar-refractivity contribution in [3.05, 3.63) is 23.6 Å². The SMILES string of the molecule is Cc1cc(NBr)ncc1F. The zero-order chi connectivity index (χ0) is 7.56. The minimum Gasteiger partial charge on any atom is -0.307 e. The fourth-order valence-corrected chi connectivity index (χ4v) is 0.808. The van der Waals surface area contributed by atoms with Crippen molar-refractivity contribution >= 4 is 22.0 Å². The third kappa shape index (κ3) is 1.44. The van der Waals surface area contributed by atoms with Crippen molar-refractivity contribution in [2.75, 3.05) is 4.34 Å². The van der Waals surface area contributed by atoms with E-state index < -0.39 is 0 Å². The Balaban J connectivity index is 3.04. The lowest BCUT2D eigenvalue weighted by Gasteiger charge is -1.98. The zero-order valence-corrected chi connectivity index (χ0v) is 6.94. The molecule has 1 aromatic heterocycles. The van der Waals surface area contributed by atoms with Crippen molar-refractivity contribution < 1.29 is 4.39 Å². The van der Waals surface area contributed by atoms with Gasteiger partial charge in [0, 0.05) is 16.1 Å². The number of nitrogens with one attached hydrogen (secondary N) is 1. The number of hydrogen-bond donors (Lipinski definition) is 1. The molecule has 0 aliphatic heterocycles. The molecular weight excluding hydrogens is 199 g/mol. The minimum atomic E-state index is -0.286. The first kappa shape index (κ1) is 7.47. The van der Waals surface area contributed by atoms with E-state index in [4.69, 9.17) is 0 Å². The number of nitrogens with zero attached hydrogens (tertiary/aromatic N) is 1. The highest BCUT2D eigenvalue weighted by atomic mass is 79.9. The molecule has 10 heavy (non-hydrogen) atoms. The maximum Gasteiger partial charge on any atom is 0.144 e. The first-order chi connectivity index (χ1) is 4.74. The average Bonchev–Trinajstić information content (AvgIpc) is 1.95. The van der Waals surface area contributed by atoms with Crippen LogP contribution in [0.4, 0.5) is 10.2 Å². The second kappa shape index (κ2) is 2.96. The number of aryl methyl sites for hydroxylation is 1. The predicted molar refractivity (Wildman–Crippen MR) is 41.5 cm³/mol. The topological polar surface area (TPSA) is 24.9 Å². The summed E-state index contributed by atoms with van der Waals surface area (Å²) in [5.74, 6) is 0.324. The van der Waals surface area contributed by atoms with Gasteiger partial charge in [0.2, 0.25) is 0 Å². The van der Waals surface area contributed by atoms with Crippen LogP contribution >= 0.6 is 16.1 Å². The van der Waals surface area contributed by atoms with Gasteiger partial charge in [-0.05, 0) is 18.6 Å². The minimum absolute atomic E-state index is 0.286. The molecular formula is C6H6BrFN2. The highest BCUT2D eigenvalue weighted by Gasteiger charge is 1.97. The second-order valence-electron chi connectivity index (χ2n) is 1.91. The van der Waals surface area contributed by atoms with Gasteiger partial charge in [0.1, 0.15) is 11.6 Å². The molecule has 1 N–H and O–H groups in total. The molecule has 0 saturated carbocycles. The van der Waals surface area contributed by atoms with Crippen LogP contribution in [0.3, 0.4) is 0 Å². The molecule has 0 aliphatic rings. The molecule has 2 nitrogen and oxygen atoms in total. The normalized spacial score (nSPS) is 9.50. The molecule has 0 atom stereocenters. The average molecular weight is 205 g/mol. The Labute approximate surface area is 66.8 Å². The van der Waals surface area contributed by atoms with Crippen molar-refractivity contribution in [1.29, 1.82) is 0 Å². The lowest BCUT2D eigenvalue weighted by Crippen LogP contribution is -1.89. The van der Waals surface area contributed by atoms with E-state index in [2.05, 4.69) is 25.5 Å². The summed E-state index contributed by atoms with van der Waals surface area (Å²) in [7, 11) is 0. The van der Waals surface area contributed by atoms with Gasteiger partial charge in [-0.15, -0.1) is 0 Å². The van der Waals surface area contributed by atoms with Crippen LogP contribution in [0.1, 0.15) is 5.56 Å². The van der Waals surface area contributed by atoms with E-state index in [1.807, 2.05) is 0 Å². The molecule has 1 rings (SSSR count). The maximum atomic E-state index is 12.5. The van der Waals surface area contributed by atoms with Gasteiger partial charge >= 0.3 is 0 Å². The fraction of sp³-hybridized carbons (Fsp3) is 0.167. The summed E-state index contributed by atoms with van der Waals surface area (Å²) in [6.07, 6.45) is 1.18. The first-order valence-electron chi connectivity index (χ1n) is 2.73. The smallest absolute Gasteiger partial charge is 0.144 e. The highest BCUT2D eigenvalue weighted by Crippen LogP contribution is 2.10. The zero-order valence-electron chi connectivity index (χ0n) is 5.36. The Morgan fingerprint density at radius 1 is 1.70 bits per heavy atom. The standard InChI is InChI=1S/C6H6BrFN2/c1-4-2-6(10-7)9-3-5(4)8/h2-3H,1H3,(H,9,10). The van der Waals surface area contributed by atoms with E-state index in [1.165, 1.54) is 6.20 Å². The first-order valence-corrected chi connectivity index (χ1v) is 3.52. The summed E-state index contributed by atoms with van der Waals surface area (Å²) >= 11 is 2.98. The monoisotopic (exact) mass is 204 g/mol. The molecule has 0 amide bonds. The molecule has 1 heterocycles. The van der Waals surface area contributed by atoms with Crippen LogP contribution in [0, 0.1) is 12.7 Å². The molecule has 0 aliphatic carbocycles. The Bertz CT molecular complexity index is 239. The van der Waals surface area contributed by atoms with Crippen molar-refractivity contribution in [2.24, 2.45) is 0 Å². The lowest BCUT2D eigenvalue weighted by molar-refractivity contribution is 0.612. The summed E-state index contributed by atoms with van der Waals surface area (Å²) in [6, 6.07) is 1.62. The molecule has 4 heteroatoms. The molecule has 0 fully saturated rings. The molecule has 0 bridgehead atoms. The quantitative estimate of drug-likeness (QED) is 0.711. The van der Waals surface area contributed by atoms with Crippen LogP contribution in [-0.2, 0) is 0 Å². The van der Waals surface area contributed by atoms with E-state index in [0.717, 1.165) is 0 Å². The maximum absolute atomic E-state index is 12.5. The van der Waals surface area contributed by atoms with Crippen LogP contribution in [0.5, 0.6) is 0 Å². The van der Waals surface area contributed by atoms with Crippen LogP contribution in [-0.4, -0.2) is 4.98 Å². The predicted octanol–water partition coefficient (Wildman–Crippen LogP) is 2.25. The third-order valence-electron chi connectivity index (χ3n) is 1.14. The van der Waals surface area contributed by atoms with Gasteiger partial charge in [-0.1, -0.05) is 0 Å². The Kier molecular flexibility index (Phi) is 2.21. The Hall–Kier alpha value is -0.640. The molecule has 0 aromatic carbocycles. The molecule has 0 radical (unpaired) electrons. The van der Waals surface area contributed by atoms with Crippen molar-refractivity contribution in [2.45, 2.75) is 6.92 Å². The number of hydrogen-bond acceptors (Lipinski definition) is 2. The van der Waals surface area contributed by atoms with Gasteiger partial charge in [-0.2, -0.15) is 0 Å². The summed E-state index contributed by atoms with van der Waals surface area (Å²) in [6.45, 7) is 1.69. The van der Waals surface area contributed by atoms with E-state index in [9.17, 15) is 4.39 Å². The second-order valence-corrected chi connectivity index (χ2v) is 2.31. The molecule has 1 aromatic rings. The van der Waals surface area contributed by atoms with Gasteiger partial charge in [0.05, 0.1) is 6.20 Å². The van der Waals surface area contributed by atoms with E-state index in [0.29, 0.717) is 11.4 Å². The molecule has 54 valence electrons. The summed E-state index contributed by atoms with van der Waals surface area (Å²) in [5.41, 5.74) is 0.581. The van der Waals surface area contributed by atoms with Gasteiger partial charge in [0.15, 0.2) is 0 Å². The van der Waals surface area contributed by atoms with Gasteiger partial charge in [-0.3, -0.25) is 0 Å². The molecule has 0 saturated heterocycles.